The first-order valence-electron chi connectivity index (χ1n) is 17.8. The molecule has 0 spiro atoms. The molecule has 8 aromatic carbocycles. The standard InChI is InChI=1S/C49H36N2/c1-49(2)45-18-10-8-16-41(45)43-31-39(26-28-46(43)49)50(37-23-20-35(21-24-37)33-12-4-3-5-13-33)40-27-29-48-44(32-40)42-17-9-11-19-47(42)51(48)38-25-22-34-14-6-7-15-36(34)30-38/h3-32H,1-2H3. The zero-order valence-corrected chi connectivity index (χ0v) is 28.7. The van der Waals surface area contributed by atoms with Crippen molar-refractivity contribution in [3.63, 3.8) is 0 Å². The second-order valence-corrected chi connectivity index (χ2v) is 14.2. The molecule has 2 nitrogen and oxygen atoms in total. The maximum atomic E-state index is 2.42. The zero-order valence-electron chi connectivity index (χ0n) is 28.7. The molecule has 0 fully saturated rings. The monoisotopic (exact) mass is 652 g/mol. The summed E-state index contributed by atoms with van der Waals surface area (Å²) in [5.74, 6) is 0. The third-order valence-corrected chi connectivity index (χ3v) is 11.0. The van der Waals surface area contributed by atoms with Crippen LogP contribution in [0.2, 0.25) is 0 Å². The van der Waals surface area contributed by atoms with Gasteiger partial charge in [-0.1, -0.05) is 135 Å². The van der Waals surface area contributed by atoms with E-state index in [9.17, 15) is 0 Å². The highest BCUT2D eigenvalue weighted by atomic mass is 15.1. The van der Waals surface area contributed by atoms with E-state index in [0.717, 1.165) is 17.1 Å². The summed E-state index contributed by atoms with van der Waals surface area (Å²) in [6, 6.07) is 66.7. The molecule has 1 heterocycles. The van der Waals surface area contributed by atoms with Gasteiger partial charge in [-0.25, -0.2) is 0 Å². The molecule has 0 saturated heterocycles. The van der Waals surface area contributed by atoms with Crippen molar-refractivity contribution >= 4 is 49.6 Å². The fourth-order valence-corrected chi connectivity index (χ4v) is 8.42. The highest BCUT2D eigenvalue weighted by Crippen LogP contribution is 2.51. The average molecular weight is 653 g/mol. The highest BCUT2D eigenvalue weighted by Gasteiger charge is 2.35. The van der Waals surface area contributed by atoms with Gasteiger partial charge in [-0.3, -0.25) is 0 Å². The second kappa shape index (κ2) is 11.3. The second-order valence-electron chi connectivity index (χ2n) is 14.2. The number of anilines is 3. The lowest BCUT2D eigenvalue weighted by Crippen LogP contribution is -2.15. The number of rotatable bonds is 5. The number of benzene rings is 8. The van der Waals surface area contributed by atoms with E-state index in [2.05, 4.69) is 205 Å². The molecule has 0 radical (unpaired) electrons. The number of hydrogen-bond acceptors (Lipinski definition) is 1. The Morgan fingerprint density at radius 2 is 1.04 bits per heavy atom. The Labute approximate surface area is 298 Å². The predicted molar refractivity (Wildman–Crippen MR) is 216 cm³/mol. The summed E-state index contributed by atoms with van der Waals surface area (Å²) in [6.07, 6.45) is 0. The van der Waals surface area contributed by atoms with Crippen molar-refractivity contribution in [2.45, 2.75) is 19.3 Å². The van der Waals surface area contributed by atoms with Crippen LogP contribution >= 0.6 is 0 Å². The molecule has 0 amide bonds. The Morgan fingerprint density at radius 3 is 1.90 bits per heavy atom. The zero-order chi connectivity index (χ0) is 34.1. The normalized spacial score (nSPS) is 13.1. The molecule has 242 valence electrons. The molecule has 0 bridgehead atoms. The lowest BCUT2D eigenvalue weighted by atomic mass is 9.82. The quantitative estimate of drug-likeness (QED) is 0.180. The van der Waals surface area contributed by atoms with E-state index in [1.807, 2.05) is 0 Å². The van der Waals surface area contributed by atoms with Crippen LogP contribution in [0.5, 0.6) is 0 Å². The summed E-state index contributed by atoms with van der Waals surface area (Å²) in [4.78, 5) is 2.42. The van der Waals surface area contributed by atoms with Gasteiger partial charge in [-0.2, -0.15) is 0 Å². The van der Waals surface area contributed by atoms with E-state index in [4.69, 9.17) is 0 Å². The van der Waals surface area contributed by atoms with Crippen LogP contribution in [0.25, 0.3) is 60.5 Å². The van der Waals surface area contributed by atoms with Crippen molar-refractivity contribution in [2.75, 3.05) is 4.90 Å². The molecular formula is C49H36N2. The maximum absolute atomic E-state index is 2.42. The Kier molecular flexibility index (Phi) is 6.56. The van der Waals surface area contributed by atoms with Crippen molar-refractivity contribution < 1.29 is 0 Å². The van der Waals surface area contributed by atoms with Crippen molar-refractivity contribution in [1.29, 1.82) is 0 Å². The summed E-state index contributed by atoms with van der Waals surface area (Å²) >= 11 is 0. The van der Waals surface area contributed by atoms with Crippen LogP contribution in [0.15, 0.2) is 182 Å². The van der Waals surface area contributed by atoms with Crippen LogP contribution in [-0.2, 0) is 5.41 Å². The molecular weight excluding hydrogens is 617 g/mol. The van der Waals surface area contributed by atoms with Crippen LogP contribution < -0.4 is 4.90 Å². The molecule has 0 aliphatic heterocycles. The molecule has 0 unspecified atom stereocenters. The summed E-state index contributed by atoms with van der Waals surface area (Å²) in [5, 5.41) is 4.96. The number of para-hydroxylation sites is 1. The summed E-state index contributed by atoms with van der Waals surface area (Å²) in [7, 11) is 0. The third-order valence-electron chi connectivity index (χ3n) is 11.0. The van der Waals surface area contributed by atoms with Gasteiger partial charge in [-0.05, 0) is 105 Å². The van der Waals surface area contributed by atoms with Gasteiger partial charge in [0.15, 0.2) is 0 Å². The molecule has 2 heteroatoms. The smallest absolute Gasteiger partial charge is 0.0542 e. The van der Waals surface area contributed by atoms with Crippen LogP contribution in [0.1, 0.15) is 25.0 Å². The van der Waals surface area contributed by atoms with Crippen LogP contribution in [0, 0.1) is 0 Å². The van der Waals surface area contributed by atoms with Crippen molar-refractivity contribution in [2.24, 2.45) is 0 Å². The van der Waals surface area contributed by atoms with Crippen LogP contribution in [-0.4, -0.2) is 4.57 Å². The van der Waals surface area contributed by atoms with E-state index >= 15 is 0 Å². The lowest BCUT2D eigenvalue weighted by Gasteiger charge is -2.27. The van der Waals surface area contributed by atoms with Gasteiger partial charge in [0.05, 0.1) is 11.0 Å². The first kappa shape index (κ1) is 29.5. The average Bonchev–Trinajstić information content (AvgIpc) is 3.63. The minimum Gasteiger partial charge on any atom is -0.310 e. The Morgan fingerprint density at radius 1 is 0.412 bits per heavy atom. The number of nitrogens with zero attached hydrogens (tertiary/aromatic N) is 2. The van der Waals surface area contributed by atoms with Crippen molar-refractivity contribution in [3.05, 3.63) is 193 Å². The summed E-state index contributed by atoms with van der Waals surface area (Å²) in [5.41, 5.74) is 14.7. The first-order chi connectivity index (χ1) is 25.0. The topological polar surface area (TPSA) is 8.17 Å². The molecule has 0 N–H and O–H groups in total. The van der Waals surface area contributed by atoms with Crippen LogP contribution in [0.3, 0.4) is 0 Å². The molecule has 51 heavy (non-hydrogen) atoms. The maximum Gasteiger partial charge on any atom is 0.0542 e. The minimum atomic E-state index is -0.0455. The van der Waals surface area contributed by atoms with E-state index in [-0.39, 0.29) is 5.41 Å². The Bertz CT molecular complexity index is 2770. The van der Waals surface area contributed by atoms with E-state index in [1.165, 1.54) is 71.6 Å². The molecule has 0 atom stereocenters. The van der Waals surface area contributed by atoms with Gasteiger partial charge in [0.25, 0.3) is 0 Å². The molecule has 9 aromatic rings. The van der Waals surface area contributed by atoms with Gasteiger partial charge in [0.2, 0.25) is 0 Å². The SMILES string of the molecule is CC1(C)c2ccccc2-c2cc(N(c3ccc(-c4ccccc4)cc3)c3ccc4c(c3)c3ccccc3n4-c3ccc4ccccc4c3)ccc21. The van der Waals surface area contributed by atoms with Gasteiger partial charge < -0.3 is 9.47 Å². The fourth-order valence-electron chi connectivity index (χ4n) is 8.42. The van der Waals surface area contributed by atoms with E-state index in [0.29, 0.717) is 0 Å². The number of aromatic nitrogens is 1. The molecule has 0 saturated carbocycles. The van der Waals surface area contributed by atoms with Gasteiger partial charge in [0, 0.05) is 38.9 Å². The van der Waals surface area contributed by atoms with E-state index < -0.39 is 0 Å². The Balaban J connectivity index is 1.17. The Hall–Kier alpha value is -6.38. The van der Waals surface area contributed by atoms with E-state index in [1.54, 1.807) is 0 Å². The molecule has 1 aliphatic carbocycles. The number of hydrogen-bond donors (Lipinski definition) is 0. The largest absolute Gasteiger partial charge is 0.310 e. The first-order valence-corrected chi connectivity index (χ1v) is 17.8. The van der Waals surface area contributed by atoms with Gasteiger partial charge >= 0.3 is 0 Å². The minimum absolute atomic E-state index is 0.0455. The highest BCUT2D eigenvalue weighted by molar-refractivity contribution is 6.11. The van der Waals surface area contributed by atoms with Crippen molar-refractivity contribution in [1.82, 2.24) is 4.57 Å². The number of fused-ring (bicyclic) bond motifs is 7. The molecule has 1 aromatic heterocycles. The van der Waals surface area contributed by atoms with Crippen molar-refractivity contribution in [3.8, 4) is 27.9 Å². The summed E-state index contributed by atoms with van der Waals surface area (Å²) < 4.78 is 2.41. The van der Waals surface area contributed by atoms with Crippen LogP contribution in [0.4, 0.5) is 17.1 Å². The third kappa shape index (κ3) is 4.64. The summed E-state index contributed by atoms with van der Waals surface area (Å²) in [6.45, 7) is 4.69. The van der Waals surface area contributed by atoms with Gasteiger partial charge in [-0.15, -0.1) is 0 Å². The lowest BCUT2D eigenvalue weighted by molar-refractivity contribution is 0.660. The predicted octanol–water partition coefficient (Wildman–Crippen LogP) is 13.4. The molecule has 1 aliphatic rings. The molecule has 10 rings (SSSR count). The van der Waals surface area contributed by atoms with Gasteiger partial charge in [0.1, 0.15) is 0 Å². The fraction of sp³-hybridized carbons (Fsp3) is 0.0612.